The van der Waals surface area contributed by atoms with E-state index in [-0.39, 0.29) is 0 Å². The van der Waals surface area contributed by atoms with Gasteiger partial charge < -0.3 is 5.73 Å². The average Bonchev–Trinajstić information content (AvgIpc) is 3.20. The van der Waals surface area contributed by atoms with Crippen molar-refractivity contribution < 1.29 is 0 Å². The summed E-state index contributed by atoms with van der Waals surface area (Å²) >= 11 is 4.60. The Morgan fingerprint density at radius 2 is 1.60 bits per heavy atom. The van der Waals surface area contributed by atoms with Crippen molar-refractivity contribution in [2.24, 2.45) is 0 Å². The zero-order valence-electron chi connectivity index (χ0n) is 10.2. The molecule has 0 bridgehead atoms. The first-order chi connectivity index (χ1) is 9.84. The topological polar surface area (TPSA) is 51.8 Å². The molecule has 20 heavy (non-hydrogen) atoms. The maximum absolute atomic E-state index is 6.29. The molecule has 1 aromatic carbocycles. The van der Waals surface area contributed by atoms with Gasteiger partial charge in [0.25, 0.3) is 0 Å². The number of nitrogen functional groups attached to an aromatic ring is 1. The smallest absolute Gasteiger partial charge is 0.116 e. The minimum Gasteiger partial charge on any atom is -0.398 e. The minimum absolute atomic E-state index is 0.760. The number of hydrogen-bond donors (Lipinski definition) is 1. The van der Waals surface area contributed by atoms with Crippen molar-refractivity contribution in [2.75, 3.05) is 5.73 Å². The quantitative estimate of drug-likeness (QED) is 0.544. The van der Waals surface area contributed by atoms with E-state index >= 15 is 0 Å². The zero-order chi connectivity index (χ0) is 13.5. The van der Waals surface area contributed by atoms with Gasteiger partial charge in [-0.3, -0.25) is 0 Å². The highest BCUT2D eigenvalue weighted by Gasteiger charge is 2.17. The lowest BCUT2D eigenvalue weighted by Crippen LogP contribution is -1.92. The van der Waals surface area contributed by atoms with Crippen LogP contribution in [0.4, 0.5) is 5.69 Å². The van der Waals surface area contributed by atoms with Crippen LogP contribution in [0.3, 0.4) is 0 Å². The van der Waals surface area contributed by atoms with Gasteiger partial charge in [0.2, 0.25) is 0 Å². The van der Waals surface area contributed by atoms with Crippen molar-refractivity contribution in [2.45, 2.75) is 0 Å². The van der Waals surface area contributed by atoms with Gasteiger partial charge in [-0.2, -0.15) is 8.75 Å². The van der Waals surface area contributed by atoms with Crippen LogP contribution < -0.4 is 5.73 Å². The molecule has 0 aliphatic heterocycles. The summed E-state index contributed by atoms with van der Waals surface area (Å²) in [6.07, 6.45) is 0. The van der Waals surface area contributed by atoms with Crippen LogP contribution in [0.15, 0.2) is 41.1 Å². The fraction of sp³-hybridized carbons (Fsp3) is 0. The second-order valence-electron chi connectivity index (χ2n) is 4.30. The van der Waals surface area contributed by atoms with Gasteiger partial charge in [-0.25, -0.2) is 0 Å². The van der Waals surface area contributed by atoms with E-state index < -0.39 is 0 Å². The zero-order valence-corrected chi connectivity index (χ0v) is 12.7. The van der Waals surface area contributed by atoms with Crippen molar-refractivity contribution >= 4 is 51.1 Å². The van der Waals surface area contributed by atoms with Gasteiger partial charge in [-0.15, -0.1) is 22.7 Å². The molecular formula is C14H9N3S3. The van der Waals surface area contributed by atoms with E-state index in [0.29, 0.717) is 0 Å². The van der Waals surface area contributed by atoms with Gasteiger partial charge in [0.1, 0.15) is 11.0 Å². The van der Waals surface area contributed by atoms with E-state index in [2.05, 4.69) is 26.3 Å². The summed E-state index contributed by atoms with van der Waals surface area (Å²) in [5.41, 5.74) is 11.0. The first-order valence-corrected chi connectivity index (χ1v) is 8.46. The second kappa shape index (κ2) is 4.66. The van der Waals surface area contributed by atoms with Crippen LogP contribution in [0.25, 0.3) is 31.9 Å². The molecule has 3 aromatic heterocycles. The molecule has 0 radical (unpaired) electrons. The van der Waals surface area contributed by atoms with Crippen molar-refractivity contribution in [3.05, 3.63) is 41.1 Å². The van der Waals surface area contributed by atoms with Gasteiger partial charge in [-0.1, -0.05) is 12.1 Å². The number of nitrogens with two attached hydrogens (primary N) is 1. The first-order valence-electron chi connectivity index (χ1n) is 5.97. The molecule has 4 aromatic rings. The number of hydrogen-bond acceptors (Lipinski definition) is 6. The Labute approximate surface area is 127 Å². The van der Waals surface area contributed by atoms with Crippen LogP contribution in [0.2, 0.25) is 0 Å². The summed E-state index contributed by atoms with van der Waals surface area (Å²) in [5, 5.41) is 4.11. The number of rotatable bonds is 2. The van der Waals surface area contributed by atoms with Gasteiger partial charge in [0.05, 0.1) is 11.7 Å². The number of fused-ring (bicyclic) bond motifs is 1. The normalized spacial score (nSPS) is 11.2. The molecule has 0 aliphatic carbocycles. The summed E-state index contributed by atoms with van der Waals surface area (Å²) < 4.78 is 8.94. The van der Waals surface area contributed by atoms with Gasteiger partial charge in [0, 0.05) is 26.6 Å². The number of aromatic nitrogens is 2. The average molecular weight is 315 g/mol. The predicted octanol–water partition coefficient (Wildman–Crippen LogP) is 4.73. The Bertz CT molecular complexity index is 861. The summed E-state index contributed by atoms with van der Waals surface area (Å²) in [4.78, 5) is 2.31. The second-order valence-corrected chi connectivity index (χ2v) is 6.73. The van der Waals surface area contributed by atoms with Crippen LogP contribution in [0, 0.1) is 0 Å². The van der Waals surface area contributed by atoms with Crippen molar-refractivity contribution in [3.8, 4) is 20.9 Å². The highest BCUT2D eigenvalue weighted by atomic mass is 32.1. The molecule has 0 saturated carbocycles. The summed E-state index contributed by atoms with van der Waals surface area (Å²) in [5.74, 6) is 0. The third-order valence-electron chi connectivity index (χ3n) is 3.12. The summed E-state index contributed by atoms with van der Waals surface area (Å²) in [6.45, 7) is 0. The maximum Gasteiger partial charge on any atom is 0.116 e. The monoisotopic (exact) mass is 315 g/mol. The number of thiophene rings is 2. The van der Waals surface area contributed by atoms with Gasteiger partial charge in [-0.05, 0) is 29.0 Å². The first kappa shape index (κ1) is 12.0. The SMILES string of the molecule is Nc1cc(-c2cccs2)c2nsnc2c1-c1cccs1. The molecule has 3 nitrogen and oxygen atoms in total. The predicted molar refractivity (Wildman–Crippen MR) is 88.5 cm³/mol. The van der Waals surface area contributed by atoms with Crippen LogP contribution in [-0.2, 0) is 0 Å². The molecule has 0 atom stereocenters. The molecule has 2 N–H and O–H groups in total. The summed E-state index contributed by atoms with van der Waals surface area (Å²) in [6, 6.07) is 10.2. The minimum atomic E-state index is 0.760. The number of benzene rings is 1. The lowest BCUT2D eigenvalue weighted by molar-refractivity contribution is 1.63. The fourth-order valence-corrected chi connectivity index (χ4v) is 4.36. The third-order valence-corrected chi connectivity index (χ3v) is 5.44. The van der Waals surface area contributed by atoms with Crippen LogP contribution in [0.1, 0.15) is 0 Å². The van der Waals surface area contributed by atoms with Gasteiger partial charge in [0.15, 0.2) is 0 Å². The molecule has 3 heterocycles. The molecular weight excluding hydrogens is 306 g/mol. The largest absolute Gasteiger partial charge is 0.398 e. The highest BCUT2D eigenvalue weighted by molar-refractivity contribution is 7.14. The Hall–Kier alpha value is -1.76. The van der Waals surface area contributed by atoms with E-state index in [1.54, 1.807) is 22.7 Å². The van der Waals surface area contributed by atoms with Crippen LogP contribution in [0.5, 0.6) is 0 Å². The van der Waals surface area contributed by atoms with Gasteiger partial charge >= 0.3 is 0 Å². The maximum atomic E-state index is 6.29. The molecule has 98 valence electrons. The van der Waals surface area contributed by atoms with E-state index in [1.807, 2.05) is 23.6 Å². The lowest BCUT2D eigenvalue weighted by atomic mass is 10.0. The Morgan fingerprint density at radius 3 is 2.30 bits per heavy atom. The highest BCUT2D eigenvalue weighted by Crippen LogP contribution is 2.41. The van der Waals surface area contributed by atoms with Crippen molar-refractivity contribution in [1.29, 1.82) is 0 Å². The van der Waals surface area contributed by atoms with E-state index in [4.69, 9.17) is 5.73 Å². The van der Waals surface area contributed by atoms with Crippen LogP contribution in [-0.4, -0.2) is 8.75 Å². The number of nitrogens with zero attached hydrogens (tertiary/aromatic N) is 2. The third kappa shape index (κ3) is 1.76. The van der Waals surface area contributed by atoms with Crippen LogP contribution >= 0.6 is 34.4 Å². The summed E-state index contributed by atoms with van der Waals surface area (Å²) in [7, 11) is 0. The molecule has 0 fully saturated rings. The standard InChI is InChI=1S/C14H9N3S3/c15-9-7-8(10-3-1-5-18-10)13-14(17-20-16-13)12(9)11-4-2-6-19-11/h1-7H,15H2. The number of anilines is 1. The Morgan fingerprint density at radius 1 is 0.900 bits per heavy atom. The lowest BCUT2D eigenvalue weighted by Gasteiger charge is -2.07. The molecule has 0 saturated heterocycles. The van der Waals surface area contributed by atoms with Crippen molar-refractivity contribution in [1.82, 2.24) is 8.75 Å². The fourth-order valence-electron chi connectivity index (χ4n) is 2.26. The van der Waals surface area contributed by atoms with E-state index in [1.165, 1.54) is 16.6 Å². The van der Waals surface area contributed by atoms with E-state index in [0.717, 1.165) is 32.7 Å². The Balaban J connectivity index is 2.08. The molecule has 0 spiro atoms. The molecule has 0 amide bonds. The van der Waals surface area contributed by atoms with Crippen molar-refractivity contribution in [3.63, 3.8) is 0 Å². The molecule has 0 aliphatic rings. The Kier molecular flexibility index (Phi) is 2.80. The van der Waals surface area contributed by atoms with E-state index in [9.17, 15) is 0 Å². The molecule has 0 unspecified atom stereocenters. The molecule has 4 rings (SSSR count). The molecule has 6 heteroatoms.